The van der Waals surface area contributed by atoms with Gasteiger partial charge in [-0.2, -0.15) is 0 Å². The summed E-state index contributed by atoms with van der Waals surface area (Å²) in [4.78, 5) is 0. The first-order valence-electron chi connectivity index (χ1n) is 6.48. The minimum atomic E-state index is -0.149. The van der Waals surface area contributed by atoms with Gasteiger partial charge < -0.3 is 5.11 Å². The van der Waals surface area contributed by atoms with Gasteiger partial charge in [0.2, 0.25) is 0 Å². The van der Waals surface area contributed by atoms with Crippen molar-refractivity contribution < 1.29 is 5.11 Å². The summed E-state index contributed by atoms with van der Waals surface area (Å²) in [6, 6.07) is 8.37. The van der Waals surface area contributed by atoms with Gasteiger partial charge in [0.05, 0.1) is 6.10 Å². The molecule has 16 heavy (non-hydrogen) atoms. The Labute approximate surface area is 98.5 Å². The van der Waals surface area contributed by atoms with Gasteiger partial charge in [0.15, 0.2) is 0 Å². The second kappa shape index (κ2) is 5.49. The van der Waals surface area contributed by atoms with Gasteiger partial charge in [0, 0.05) is 0 Å². The summed E-state index contributed by atoms with van der Waals surface area (Å²) in [5, 5.41) is 10.1. The van der Waals surface area contributed by atoms with E-state index in [1.165, 1.54) is 36.8 Å². The first-order chi connectivity index (χ1) is 7.75. The van der Waals surface area contributed by atoms with Crippen molar-refractivity contribution in [3.05, 3.63) is 35.4 Å². The summed E-state index contributed by atoms with van der Waals surface area (Å²) >= 11 is 0. The molecule has 0 saturated heterocycles. The Balaban J connectivity index is 1.86. The van der Waals surface area contributed by atoms with E-state index in [1.54, 1.807) is 0 Å². The minimum absolute atomic E-state index is 0.149. The number of aryl methyl sites for hydroxylation is 1. The monoisotopic (exact) mass is 218 g/mol. The Morgan fingerprint density at radius 1 is 1.25 bits per heavy atom. The molecule has 0 radical (unpaired) electrons. The van der Waals surface area contributed by atoms with Crippen molar-refractivity contribution in [2.75, 3.05) is 0 Å². The smallest absolute Gasteiger partial charge is 0.0583 e. The van der Waals surface area contributed by atoms with Crippen molar-refractivity contribution in [1.82, 2.24) is 0 Å². The molecule has 0 amide bonds. The maximum absolute atomic E-state index is 10.1. The molecule has 0 heterocycles. The van der Waals surface area contributed by atoms with Gasteiger partial charge >= 0.3 is 0 Å². The van der Waals surface area contributed by atoms with Crippen molar-refractivity contribution in [2.24, 2.45) is 5.92 Å². The van der Waals surface area contributed by atoms with E-state index in [9.17, 15) is 5.11 Å². The molecule has 1 atom stereocenters. The molecule has 1 unspecified atom stereocenters. The number of rotatable bonds is 4. The molecule has 1 aromatic carbocycles. The fourth-order valence-electron chi connectivity index (χ4n) is 2.81. The molecule has 1 aliphatic rings. The second-order valence-electron chi connectivity index (χ2n) is 5.17. The van der Waals surface area contributed by atoms with Gasteiger partial charge in [-0.3, -0.25) is 0 Å². The van der Waals surface area contributed by atoms with Crippen molar-refractivity contribution >= 4 is 0 Å². The average molecular weight is 218 g/mol. The summed E-state index contributed by atoms with van der Waals surface area (Å²) in [5.74, 6) is 0.777. The zero-order valence-electron chi connectivity index (χ0n) is 10.2. The SMILES string of the molecule is Cc1ccccc1CC(O)CC1CCCC1. The lowest BCUT2D eigenvalue weighted by Gasteiger charge is -2.16. The third kappa shape index (κ3) is 3.08. The van der Waals surface area contributed by atoms with Crippen LogP contribution in [0.5, 0.6) is 0 Å². The molecular weight excluding hydrogens is 196 g/mol. The van der Waals surface area contributed by atoms with Crippen LogP contribution >= 0.6 is 0 Å². The van der Waals surface area contributed by atoms with Crippen LogP contribution in [-0.4, -0.2) is 11.2 Å². The molecule has 1 nitrogen and oxygen atoms in total. The highest BCUT2D eigenvalue weighted by Crippen LogP contribution is 2.29. The Kier molecular flexibility index (Phi) is 4.00. The van der Waals surface area contributed by atoms with E-state index in [2.05, 4.69) is 31.2 Å². The van der Waals surface area contributed by atoms with Crippen LogP contribution in [0.4, 0.5) is 0 Å². The summed E-state index contributed by atoms with van der Waals surface area (Å²) in [5.41, 5.74) is 2.60. The van der Waals surface area contributed by atoms with Gasteiger partial charge in [0.1, 0.15) is 0 Å². The van der Waals surface area contributed by atoms with E-state index in [0.717, 1.165) is 18.8 Å². The molecular formula is C15H22O. The molecule has 1 aromatic rings. The first-order valence-corrected chi connectivity index (χ1v) is 6.48. The highest BCUT2D eigenvalue weighted by Gasteiger charge is 2.19. The molecule has 1 saturated carbocycles. The Hall–Kier alpha value is -0.820. The van der Waals surface area contributed by atoms with Crippen molar-refractivity contribution in [2.45, 2.75) is 51.6 Å². The zero-order chi connectivity index (χ0) is 11.4. The van der Waals surface area contributed by atoms with E-state index < -0.39 is 0 Å². The number of benzene rings is 1. The standard InChI is InChI=1S/C15H22O/c1-12-6-2-5-9-14(12)11-15(16)10-13-7-3-4-8-13/h2,5-6,9,13,15-16H,3-4,7-8,10-11H2,1H3. The summed E-state index contributed by atoms with van der Waals surface area (Å²) in [7, 11) is 0. The van der Waals surface area contributed by atoms with E-state index in [4.69, 9.17) is 0 Å². The molecule has 1 heteroatoms. The fraction of sp³-hybridized carbons (Fsp3) is 0.600. The maximum Gasteiger partial charge on any atom is 0.0583 e. The van der Waals surface area contributed by atoms with Crippen molar-refractivity contribution in [3.8, 4) is 0 Å². The number of aliphatic hydroxyl groups excluding tert-OH is 1. The van der Waals surface area contributed by atoms with E-state index in [-0.39, 0.29) is 6.10 Å². The number of hydrogen-bond donors (Lipinski definition) is 1. The normalized spacial score (nSPS) is 18.9. The van der Waals surface area contributed by atoms with Gasteiger partial charge in [0.25, 0.3) is 0 Å². The quantitative estimate of drug-likeness (QED) is 0.820. The minimum Gasteiger partial charge on any atom is -0.393 e. The summed E-state index contributed by atoms with van der Waals surface area (Å²) < 4.78 is 0. The van der Waals surface area contributed by atoms with Crippen LogP contribution in [0.25, 0.3) is 0 Å². The van der Waals surface area contributed by atoms with Crippen LogP contribution in [-0.2, 0) is 6.42 Å². The largest absolute Gasteiger partial charge is 0.393 e. The van der Waals surface area contributed by atoms with Gasteiger partial charge in [-0.15, -0.1) is 0 Å². The van der Waals surface area contributed by atoms with Gasteiger partial charge in [-0.25, -0.2) is 0 Å². The van der Waals surface area contributed by atoms with E-state index in [1.807, 2.05) is 0 Å². The van der Waals surface area contributed by atoms with Crippen LogP contribution < -0.4 is 0 Å². The summed E-state index contributed by atoms with van der Waals surface area (Å²) in [6.45, 7) is 2.12. The lowest BCUT2D eigenvalue weighted by molar-refractivity contribution is 0.143. The van der Waals surface area contributed by atoms with E-state index in [0.29, 0.717) is 0 Å². The second-order valence-corrected chi connectivity index (χ2v) is 5.17. The maximum atomic E-state index is 10.1. The third-order valence-corrected chi connectivity index (χ3v) is 3.80. The first kappa shape index (κ1) is 11.7. The highest BCUT2D eigenvalue weighted by molar-refractivity contribution is 5.26. The average Bonchev–Trinajstić information content (AvgIpc) is 2.74. The lowest BCUT2D eigenvalue weighted by Crippen LogP contribution is -2.15. The zero-order valence-corrected chi connectivity index (χ0v) is 10.2. The highest BCUT2D eigenvalue weighted by atomic mass is 16.3. The molecule has 88 valence electrons. The predicted molar refractivity (Wildman–Crippen MR) is 67.5 cm³/mol. The molecule has 1 fully saturated rings. The number of hydrogen-bond acceptors (Lipinski definition) is 1. The lowest BCUT2D eigenvalue weighted by atomic mass is 9.94. The molecule has 1 N–H and O–H groups in total. The molecule has 0 bridgehead atoms. The van der Waals surface area contributed by atoms with Gasteiger partial charge in [-0.1, -0.05) is 49.9 Å². The van der Waals surface area contributed by atoms with Crippen LogP contribution in [0.15, 0.2) is 24.3 Å². The van der Waals surface area contributed by atoms with E-state index >= 15 is 0 Å². The topological polar surface area (TPSA) is 20.2 Å². The van der Waals surface area contributed by atoms with Crippen molar-refractivity contribution in [1.29, 1.82) is 0 Å². The Morgan fingerprint density at radius 3 is 2.62 bits per heavy atom. The predicted octanol–water partition coefficient (Wildman–Crippen LogP) is 3.48. The molecule has 0 aliphatic heterocycles. The van der Waals surface area contributed by atoms with Crippen LogP contribution in [0.1, 0.15) is 43.2 Å². The summed E-state index contributed by atoms with van der Waals surface area (Å²) in [6.07, 6.45) is 7.04. The molecule has 0 spiro atoms. The third-order valence-electron chi connectivity index (χ3n) is 3.80. The van der Waals surface area contributed by atoms with Crippen LogP contribution in [0.2, 0.25) is 0 Å². The van der Waals surface area contributed by atoms with Crippen LogP contribution in [0.3, 0.4) is 0 Å². The van der Waals surface area contributed by atoms with Crippen LogP contribution in [0, 0.1) is 12.8 Å². The molecule has 1 aliphatic carbocycles. The Bertz CT molecular complexity index is 326. The molecule has 2 rings (SSSR count). The molecule has 0 aromatic heterocycles. The van der Waals surface area contributed by atoms with Crippen molar-refractivity contribution in [3.63, 3.8) is 0 Å². The Morgan fingerprint density at radius 2 is 1.94 bits per heavy atom. The fourth-order valence-corrected chi connectivity index (χ4v) is 2.81. The number of aliphatic hydroxyl groups is 1. The van der Waals surface area contributed by atoms with Gasteiger partial charge in [-0.05, 0) is 36.8 Å².